The van der Waals surface area contributed by atoms with Crippen LogP contribution >= 0.6 is 11.6 Å². The van der Waals surface area contributed by atoms with Crippen molar-refractivity contribution < 1.29 is 4.79 Å². The molecule has 0 saturated carbocycles. The fourth-order valence-electron chi connectivity index (χ4n) is 2.64. The monoisotopic (exact) mass is 335 g/mol. The normalized spacial score (nSPS) is 10.4. The fraction of sp³-hybridized carbons (Fsp3) is 0.0952. The van der Waals surface area contributed by atoms with Gasteiger partial charge in [-0.05, 0) is 42.2 Å². The van der Waals surface area contributed by atoms with Crippen molar-refractivity contribution in [3.05, 3.63) is 101 Å². The topological polar surface area (TPSA) is 29.1 Å². The zero-order chi connectivity index (χ0) is 16.8. The molecule has 0 atom stereocenters. The molecule has 0 saturated heterocycles. The van der Waals surface area contributed by atoms with Gasteiger partial charge in [0, 0.05) is 5.56 Å². The van der Waals surface area contributed by atoms with Gasteiger partial charge < -0.3 is 5.32 Å². The van der Waals surface area contributed by atoms with Crippen LogP contribution in [0.4, 0.5) is 5.69 Å². The summed E-state index contributed by atoms with van der Waals surface area (Å²) in [7, 11) is 0. The largest absolute Gasteiger partial charge is 0.321 e. The second kappa shape index (κ2) is 7.80. The summed E-state index contributed by atoms with van der Waals surface area (Å²) in [5, 5.41) is 3.43. The molecule has 3 rings (SSSR count). The van der Waals surface area contributed by atoms with Gasteiger partial charge in [-0.2, -0.15) is 0 Å². The average molecular weight is 336 g/mol. The summed E-state index contributed by atoms with van der Waals surface area (Å²) in [6, 6.07) is 25.2. The predicted molar refractivity (Wildman–Crippen MR) is 99.7 cm³/mol. The van der Waals surface area contributed by atoms with E-state index in [9.17, 15) is 4.79 Å². The number of nitrogens with one attached hydrogen (secondary N) is 1. The molecule has 3 heteroatoms. The SMILES string of the molecule is O=C(Nc1ccccc1Cl)c1ccccc1CCc1ccccc1. The highest BCUT2D eigenvalue weighted by Crippen LogP contribution is 2.22. The van der Waals surface area contributed by atoms with Crippen LogP contribution < -0.4 is 5.32 Å². The number of para-hydroxylation sites is 1. The van der Waals surface area contributed by atoms with E-state index in [0.717, 1.165) is 18.4 Å². The third kappa shape index (κ3) is 4.03. The first kappa shape index (κ1) is 16.3. The molecule has 0 aromatic heterocycles. The minimum Gasteiger partial charge on any atom is -0.321 e. The molecule has 0 unspecified atom stereocenters. The third-order valence-corrected chi connectivity index (χ3v) is 4.24. The van der Waals surface area contributed by atoms with Crippen molar-refractivity contribution in [2.24, 2.45) is 0 Å². The highest BCUT2D eigenvalue weighted by atomic mass is 35.5. The highest BCUT2D eigenvalue weighted by molar-refractivity contribution is 6.33. The first-order valence-electron chi connectivity index (χ1n) is 7.92. The molecule has 24 heavy (non-hydrogen) atoms. The number of benzene rings is 3. The van der Waals surface area contributed by atoms with E-state index in [2.05, 4.69) is 17.4 Å². The van der Waals surface area contributed by atoms with Crippen LogP contribution in [0.25, 0.3) is 0 Å². The maximum atomic E-state index is 12.6. The number of hydrogen-bond donors (Lipinski definition) is 1. The van der Waals surface area contributed by atoms with Crippen LogP contribution in [0.3, 0.4) is 0 Å². The van der Waals surface area contributed by atoms with Gasteiger partial charge in [-0.1, -0.05) is 72.3 Å². The molecule has 0 fully saturated rings. The molecule has 1 amide bonds. The number of aryl methyl sites for hydroxylation is 2. The quantitative estimate of drug-likeness (QED) is 0.666. The average Bonchev–Trinajstić information content (AvgIpc) is 2.63. The fourth-order valence-corrected chi connectivity index (χ4v) is 2.82. The summed E-state index contributed by atoms with van der Waals surface area (Å²) in [5.41, 5.74) is 3.61. The van der Waals surface area contributed by atoms with Crippen LogP contribution in [0.2, 0.25) is 5.02 Å². The minimum atomic E-state index is -0.133. The summed E-state index contributed by atoms with van der Waals surface area (Å²) < 4.78 is 0. The van der Waals surface area contributed by atoms with E-state index in [-0.39, 0.29) is 5.91 Å². The van der Waals surface area contributed by atoms with Gasteiger partial charge in [-0.15, -0.1) is 0 Å². The minimum absolute atomic E-state index is 0.133. The summed E-state index contributed by atoms with van der Waals surface area (Å²) in [6.07, 6.45) is 1.72. The predicted octanol–water partition coefficient (Wildman–Crippen LogP) is 5.38. The molecule has 120 valence electrons. The highest BCUT2D eigenvalue weighted by Gasteiger charge is 2.12. The van der Waals surface area contributed by atoms with Gasteiger partial charge >= 0.3 is 0 Å². The Hall–Kier alpha value is -2.58. The van der Waals surface area contributed by atoms with Gasteiger partial charge in [-0.25, -0.2) is 0 Å². The van der Waals surface area contributed by atoms with E-state index < -0.39 is 0 Å². The number of carbonyl (C=O) groups is 1. The lowest BCUT2D eigenvalue weighted by Crippen LogP contribution is -2.14. The Morgan fingerprint density at radius 1 is 0.792 bits per heavy atom. The molecule has 0 spiro atoms. The lowest BCUT2D eigenvalue weighted by Gasteiger charge is -2.11. The second-order valence-electron chi connectivity index (χ2n) is 5.58. The van der Waals surface area contributed by atoms with Gasteiger partial charge in [0.1, 0.15) is 0 Å². The first-order chi connectivity index (χ1) is 11.7. The smallest absolute Gasteiger partial charge is 0.255 e. The Labute approximate surface area is 147 Å². The first-order valence-corrected chi connectivity index (χ1v) is 8.29. The molecule has 0 radical (unpaired) electrons. The molecule has 3 aromatic carbocycles. The van der Waals surface area contributed by atoms with Gasteiger partial charge in [0.2, 0.25) is 0 Å². The maximum absolute atomic E-state index is 12.6. The number of halogens is 1. The van der Waals surface area contributed by atoms with Crippen molar-refractivity contribution in [2.45, 2.75) is 12.8 Å². The summed E-state index contributed by atoms with van der Waals surface area (Å²) >= 11 is 6.12. The standard InChI is InChI=1S/C21H18ClNO/c22-19-12-6-7-13-20(19)23-21(24)18-11-5-4-10-17(18)15-14-16-8-2-1-3-9-16/h1-13H,14-15H2,(H,23,24). The molecule has 0 aliphatic rings. The van der Waals surface area contributed by atoms with E-state index in [4.69, 9.17) is 11.6 Å². The molecule has 0 bridgehead atoms. The van der Waals surface area contributed by atoms with Gasteiger partial charge in [0.15, 0.2) is 0 Å². The number of anilines is 1. The van der Waals surface area contributed by atoms with Gasteiger partial charge in [-0.3, -0.25) is 4.79 Å². The summed E-state index contributed by atoms with van der Waals surface area (Å²) in [5.74, 6) is -0.133. The van der Waals surface area contributed by atoms with Gasteiger partial charge in [0.25, 0.3) is 5.91 Å². The second-order valence-corrected chi connectivity index (χ2v) is 5.98. The lowest BCUT2D eigenvalue weighted by molar-refractivity contribution is 0.102. The van der Waals surface area contributed by atoms with Crippen LogP contribution in [-0.2, 0) is 12.8 Å². The van der Waals surface area contributed by atoms with Crippen molar-refractivity contribution in [1.82, 2.24) is 0 Å². The number of rotatable bonds is 5. The van der Waals surface area contributed by atoms with Crippen LogP contribution in [0, 0.1) is 0 Å². The molecule has 0 aliphatic heterocycles. The van der Waals surface area contributed by atoms with Crippen LogP contribution in [0.5, 0.6) is 0 Å². The zero-order valence-corrected chi connectivity index (χ0v) is 14.0. The van der Waals surface area contributed by atoms with Crippen molar-refractivity contribution in [1.29, 1.82) is 0 Å². The third-order valence-electron chi connectivity index (χ3n) is 3.91. The van der Waals surface area contributed by atoms with Gasteiger partial charge in [0.05, 0.1) is 10.7 Å². The molecular weight excluding hydrogens is 318 g/mol. The molecule has 1 N–H and O–H groups in total. The van der Waals surface area contributed by atoms with E-state index >= 15 is 0 Å². The molecule has 2 nitrogen and oxygen atoms in total. The van der Waals surface area contributed by atoms with Crippen LogP contribution in [0.1, 0.15) is 21.5 Å². The summed E-state index contributed by atoms with van der Waals surface area (Å²) in [6.45, 7) is 0. The maximum Gasteiger partial charge on any atom is 0.255 e. The molecule has 3 aromatic rings. The Morgan fingerprint density at radius 2 is 1.46 bits per heavy atom. The molecule has 0 heterocycles. The van der Waals surface area contributed by atoms with Crippen molar-refractivity contribution in [3.8, 4) is 0 Å². The summed E-state index contributed by atoms with van der Waals surface area (Å²) in [4.78, 5) is 12.6. The van der Waals surface area contributed by atoms with E-state index in [0.29, 0.717) is 16.3 Å². The number of carbonyl (C=O) groups excluding carboxylic acids is 1. The molecular formula is C21H18ClNO. The van der Waals surface area contributed by atoms with Crippen LogP contribution in [-0.4, -0.2) is 5.91 Å². The Kier molecular flexibility index (Phi) is 5.29. The Bertz CT molecular complexity index is 830. The Morgan fingerprint density at radius 3 is 2.25 bits per heavy atom. The molecule has 0 aliphatic carbocycles. The zero-order valence-electron chi connectivity index (χ0n) is 13.2. The van der Waals surface area contributed by atoms with Crippen LogP contribution in [0.15, 0.2) is 78.9 Å². The van der Waals surface area contributed by atoms with Crippen molar-refractivity contribution in [3.63, 3.8) is 0 Å². The van der Waals surface area contributed by atoms with Crippen molar-refractivity contribution in [2.75, 3.05) is 5.32 Å². The number of amides is 1. The van der Waals surface area contributed by atoms with E-state index in [1.807, 2.05) is 54.6 Å². The number of hydrogen-bond acceptors (Lipinski definition) is 1. The lowest BCUT2D eigenvalue weighted by atomic mass is 9.99. The van der Waals surface area contributed by atoms with E-state index in [1.54, 1.807) is 12.1 Å². The van der Waals surface area contributed by atoms with Crippen molar-refractivity contribution >= 4 is 23.2 Å². The Balaban J connectivity index is 1.76. The van der Waals surface area contributed by atoms with E-state index in [1.165, 1.54) is 5.56 Å².